The maximum Gasteiger partial charge on any atom is 0.236 e. The Labute approximate surface area is 178 Å². The number of morpholine rings is 1. The molecule has 7 nitrogen and oxygen atoms in total. The van der Waals surface area contributed by atoms with Crippen molar-refractivity contribution >= 4 is 23.2 Å². The summed E-state index contributed by atoms with van der Waals surface area (Å²) in [6.45, 7) is 13.0. The summed E-state index contributed by atoms with van der Waals surface area (Å²) in [7, 11) is 0. The van der Waals surface area contributed by atoms with E-state index in [4.69, 9.17) is 9.73 Å². The van der Waals surface area contributed by atoms with E-state index in [-0.39, 0.29) is 5.91 Å². The standard InChI is InChI=1S/C21H35N5O2S/c1-3-22-21(23-16-18(2)15-19-5-4-14-29-19)26-8-6-24(7-9-26)17-20(27)25-10-12-28-13-11-25/h4-5,14,18H,3,6-13,15-17H2,1-2H3,(H,22,23). The smallest absolute Gasteiger partial charge is 0.236 e. The molecule has 1 aromatic heterocycles. The predicted molar refractivity (Wildman–Crippen MR) is 119 cm³/mol. The van der Waals surface area contributed by atoms with Crippen LogP contribution in [0.3, 0.4) is 0 Å². The van der Waals surface area contributed by atoms with E-state index in [0.717, 1.165) is 64.7 Å². The van der Waals surface area contributed by atoms with Crippen LogP contribution in [-0.2, 0) is 16.0 Å². The molecule has 29 heavy (non-hydrogen) atoms. The number of guanidine groups is 1. The largest absolute Gasteiger partial charge is 0.378 e. The fraction of sp³-hybridized carbons (Fsp3) is 0.714. The molecule has 2 saturated heterocycles. The molecule has 0 aromatic carbocycles. The van der Waals surface area contributed by atoms with Crippen LogP contribution in [0.1, 0.15) is 18.7 Å². The van der Waals surface area contributed by atoms with Gasteiger partial charge < -0.3 is 19.9 Å². The zero-order valence-electron chi connectivity index (χ0n) is 17.8. The van der Waals surface area contributed by atoms with Gasteiger partial charge in [-0.1, -0.05) is 13.0 Å². The van der Waals surface area contributed by atoms with Crippen molar-refractivity contribution in [1.82, 2.24) is 20.0 Å². The average Bonchev–Trinajstić information content (AvgIpc) is 3.25. The molecule has 2 fully saturated rings. The molecule has 1 N–H and O–H groups in total. The molecule has 0 spiro atoms. The second-order valence-corrected chi connectivity index (χ2v) is 8.87. The highest BCUT2D eigenvalue weighted by atomic mass is 32.1. The van der Waals surface area contributed by atoms with Crippen LogP contribution >= 0.6 is 11.3 Å². The van der Waals surface area contributed by atoms with Crippen molar-refractivity contribution in [1.29, 1.82) is 0 Å². The molecule has 0 aliphatic carbocycles. The number of piperazine rings is 1. The first kappa shape index (κ1) is 22.1. The Morgan fingerprint density at radius 2 is 1.97 bits per heavy atom. The number of rotatable bonds is 7. The van der Waals surface area contributed by atoms with E-state index in [1.165, 1.54) is 4.88 Å². The lowest BCUT2D eigenvalue weighted by atomic mass is 10.1. The van der Waals surface area contributed by atoms with Crippen LogP contribution in [0.2, 0.25) is 0 Å². The maximum atomic E-state index is 12.5. The quantitative estimate of drug-likeness (QED) is 0.532. The summed E-state index contributed by atoms with van der Waals surface area (Å²) in [6.07, 6.45) is 1.08. The summed E-state index contributed by atoms with van der Waals surface area (Å²) in [5.41, 5.74) is 0. The van der Waals surface area contributed by atoms with E-state index < -0.39 is 0 Å². The van der Waals surface area contributed by atoms with Crippen molar-refractivity contribution in [3.8, 4) is 0 Å². The van der Waals surface area contributed by atoms with Crippen LogP contribution in [0.5, 0.6) is 0 Å². The van der Waals surface area contributed by atoms with E-state index >= 15 is 0 Å². The van der Waals surface area contributed by atoms with Crippen LogP contribution in [0.25, 0.3) is 0 Å². The van der Waals surface area contributed by atoms with Crippen LogP contribution in [0, 0.1) is 5.92 Å². The lowest BCUT2D eigenvalue weighted by Gasteiger charge is -2.37. The number of hydrogen-bond acceptors (Lipinski definition) is 5. The lowest BCUT2D eigenvalue weighted by molar-refractivity contribution is -0.136. The van der Waals surface area contributed by atoms with Gasteiger partial charge in [0.1, 0.15) is 0 Å². The predicted octanol–water partition coefficient (Wildman–Crippen LogP) is 1.37. The second-order valence-electron chi connectivity index (χ2n) is 7.84. The minimum Gasteiger partial charge on any atom is -0.378 e. The first-order valence-corrected chi connectivity index (χ1v) is 11.7. The lowest BCUT2D eigenvalue weighted by Crippen LogP contribution is -2.55. The third kappa shape index (κ3) is 6.97. The summed E-state index contributed by atoms with van der Waals surface area (Å²) in [6, 6.07) is 4.32. The highest BCUT2D eigenvalue weighted by Gasteiger charge is 2.24. The summed E-state index contributed by atoms with van der Waals surface area (Å²) in [4.78, 5) is 25.3. The molecule has 3 rings (SSSR count). The van der Waals surface area contributed by atoms with E-state index in [2.05, 4.69) is 46.5 Å². The Hall–Kier alpha value is -1.64. The van der Waals surface area contributed by atoms with Crippen LogP contribution in [-0.4, -0.2) is 98.7 Å². The monoisotopic (exact) mass is 421 g/mol. The average molecular weight is 422 g/mol. The van der Waals surface area contributed by atoms with Crippen molar-refractivity contribution in [3.63, 3.8) is 0 Å². The normalized spacial score (nSPS) is 20.0. The first-order valence-electron chi connectivity index (χ1n) is 10.8. The Bertz CT molecular complexity index is 638. The molecule has 0 saturated carbocycles. The van der Waals surface area contributed by atoms with Gasteiger partial charge in [0.15, 0.2) is 5.96 Å². The molecule has 1 atom stereocenters. The van der Waals surface area contributed by atoms with E-state index in [9.17, 15) is 4.79 Å². The number of hydrogen-bond donors (Lipinski definition) is 1. The summed E-state index contributed by atoms with van der Waals surface area (Å²) < 4.78 is 5.34. The topological polar surface area (TPSA) is 60.4 Å². The van der Waals surface area contributed by atoms with E-state index in [1.807, 2.05) is 16.2 Å². The van der Waals surface area contributed by atoms with Gasteiger partial charge in [-0.2, -0.15) is 0 Å². The fourth-order valence-corrected chi connectivity index (χ4v) is 4.60. The molecule has 1 aromatic rings. The van der Waals surface area contributed by atoms with Gasteiger partial charge in [-0.15, -0.1) is 11.3 Å². The Morgan fingerprint density at radius 1 is 1.21 bits per heavy atom. The molecule has 2 aliphatic heterocycles. The number of carbonyl (C=O) groups is 1. The number of carbonyl (C=O) groups excluding carboxylic acids is 1. The van der Waals surface area contributed by atoms with Crippen molar-refractivity contribution in [2.45, 2.75) is 20.3 Å². The Morgan fingerprint density at radius 3 is 2.62 bits per heavy atom. The highest BCUT2D eigenvalue weighted by molar-refractivity contribution is 7.09. The van der Waals surface area contributed by atoms with Gasteiger partial charge in [-0.05, 0) is 30.7 Å². The van der Waals surface area contributed by atoms with Crippen molar-refractivity contribution in [2.24, 2.45) is 10.9 Å². The van der Waals surface area contributed by atoms with Crippen LogP contribution in [0.4, 0.5) is 0 Å². The number of nitrogens with zero attached hydrogens (tertiary/aromatic N) is 4. The number of thiophene rings is 1. The van der Waals surface area contributed by atoms with Gasteiger partial charge in [-0.25, -0.2) is 0 Å². The number of aliphatic imine (C=N–C) groups is 1. The molecular weight excluding hydrogens is 386 g/mol. The van der Waals surface area contributed by atoms with Crippen LogP contribution < -0.4 is 5.32 Å². The molecule has 2 aliphatic rings. The zero-order chi connectivity index (χ0) is 20.5. The summed E-state index contributed by atoms with van der Waals surface area (Å²) >= 11 is 1.82. The van der Waals surface area contributed by atoms with Gasteiger partial charge >= 0.3 is 0 Å². The Balaban J connectivity index is 1.45. The summed E-state index contributed by atoms with van der Waals surface area (Å²) in [5.74, 6) is 1.75. The van der Waals surface area contributed by atoms with Crippen LogP contribution in [0.15, 0.2) is 22.5 Å². The molecule has 3 heterocycles. The number of ether oxygens (including phenoxy) is 1. The second kappa shape index (κ2) is 11.5. The molecule has 0 radical (unpaired) electrons. The molecule has 1 amide bonds. The number of nitrogens with one attached hydrogen (secondary N) is 1. The van der Waals surface area contributed by atoms with Gasteiger partial charge in [-0.3, -0.25) is 14.7 Å². The number of amides is 1. The summed E-state index contributed by atoms with van der Waals surface area (Å²) in [5, 5.41) is 5.58. The van der Waals surface area contributed by atoms with Crippen molar-refractivity contribution in [3.05, 3.63) is 22.4 Å². The third-order valence-corrected chi connectivity index (χ3v) is 6.31. The zero-order valence-corrected chi connectivity index (χ0v) is 18.6. The molecule has 1 unspecified atom stereocenters. The minimum absolute atomic E-state index is 0.227. The van der Waals surface area contributed by atoms with Gasteiger partial charge in [0.05, 0.1) is 19.8 Å². The van der Waals surface area contributed by atoms with E-state index in [0.29, 0.717) is 25.7 Å². The minimum atomic E-state index is 0.227. The highest BCUT2D eigenvalue weighted by Crippen LogP contribution is 2.15. The first-order chi connectivity index (χ1) is 14.2. The van der Waals surface area contributed by atoms with Gasteiger partial charge in [0.25, 0.3) is 0 Å². The van der Waals surface area contributed by atoms with Crippen molar-refractivity contribution < 1.29 is 9.53 Å². The third-order valence-electron chi connectivity index (χ3n) is 5.41. The van der Waals surface area contributed by atoms with Gasteiger partial charge in [0.2, 0.25) is 5.91 Å². The molecule has 8 heteroatoms. The van der Waals surface area contributed by atoms with Crippen molar-refractivity contribution in [2.75, 3.05) is 72.1 Å². The SMILES string of the molecule is CCNC(=NCC(C)Cc1cccs1)N1CCN(CC(=O)N2CCOCC2)CC1. The fourth-order valence-electron chi connectivity index (χ4n) is 3.73. The molecule has 0 bridgehead atoms. The Kier molecular flexibility index (Phi) is 8.76. The molecule has 162 valence electrons. The van der Waals surface area contributed by atoms with E-state index in [1.54, 1.807) is 0 Å². The van der Waals surface area contributed by atoms with Gasteiger partial charge in [0, 0.05) is 57.2 Å². The maximum absolute atomic E-state index is 12.5. The molecular formula is C21H35N5O2S.